The van der Waals surface area contributed by atoms with Crippen molar-refractivity contribution in [1.29, 1.82) is 0 Å². The van der Waals surface area contributed by atoms with E-state index in [1.807, 2.05) is 19.9 Å². The van der Waals surface area contributed by atoms with Gasteiger partial charge in [-0.15, -0.1) is 0 Å². The Bertz CT molecular complexity index is 1940. The minimum absolute atomic E-state index is 0.00746. The Morgan fingerprint density at radius 3 is 2.06 bits per heavy atom. The van der Waals surface area contributed by atoms with Gasteiger partial charge in [-0.25, -0.2) is 4.79 Å². The van der Waals surface area contributed by atoms with E-state index in [2.05, 4.69) is 38.8 Å². The number of amides is 7. The largest absolute Gasteiger partial charge is 0.508 e. The number of aliphatic hydroxyl groups excluding tert-OH is 2. The third-order valence-corrected chi connectivity index (χ3v) is 11.8. The number of nitrogens with zero attached hydrogens (tertiary/aromatic N) is 1. The summed E-state index contributed by atoms with van der Waals surface area (Å²) in [6.07, 6.45) is 9.52. The number of ether oxygens (including phenoxy) is 1. The van der Waals surface area contributed by atoms with Crippen molar-refractivity contribution in [3.63, 3.8) is 0 Å². The van der Waals surface area contributed by atoms with Crippen LogP contribution in [0.4, 0.5) is 0 Å². The van der Waals surface area contributed by atoms with Crippen LogP contribution in [0.15, 0.2) is 48.6 Å². The number of hydrogen-bond acceptors (Lipinski definition) is 12. The second kappa shape index (κ2) is 30.7. The molecule has 1 aromatic rings. The van der Waals surface area contributed by atoms with Gasteiger partial charge in [0.15, 0.2) is 0 Å². The number of unbranched alkanes of at least 4 members (excludes halogenated alkanes) is 4. The lowest BCUT2D eigenvalue weighted by atomic mass is 9.99. The number of allylic oxidation sites excluding steroid dienone is 1. The zero-order valence-corrected chi connectivity index (χ0v) is 42.8. The minimum atomic E-state index is -1.65. The Kier molecular flexibility index (Phi) is 26.5. The van der Waals surface area contributed by atoms with E-state index in [4.69, 9.17) is 4.74 Å². The maximum atomic E-state index is 13.8. The second-order valence-electron chi connectivity index (χ2n) is 19.5. The summed E-state index contributed by atoms with van der Waals surface area (Å²) >= 11 is 0. The Balaban J connectivity index is 2.17. The van der Waals surface area contributed by atoms with E-state index >= 15 is 0 Å². The van der Waals surface area contributed by atoms with Crippen molar-refractivity contribution in [3.05, 3.63) is 54.1 Å². The van der Waals surface area contributed by atoms with Crippen LogP contribution in [0, 0.1) is 23.7 Å². The summed E-state index contributed by atoms with van der Waals surface area (Å²) in [5, 5.41) is 47.1. The zero-order valence-electron chi connectivity index (χ0n) is 42.8. The van der Waals surface area contributed by atoms with E-state index in [9.17, 15) is 53.7 Å². The summed E-state index contributed by atoms with van der Waals surface area (Å²) in [7, 11) is 1.42. The van der Waals surface area contributed by atoms with Gasteiger partial charge in [0.1, 0.15) is 42.6 Å². The highest BCUT2D eigenvalue weighted by molar-refractivity contribution is 5.95. The lowest BCUT2D eigenvalue weighted by molar-refractivity contribution is -0.156. The second-order valence-corrected chi connectivity index (χ2v) is 19.5. The number of aromatic hydroxyl groups is 1. The summed E-state index contributed by atoms with van der Waals surface area (Å²) in [6, 6.07) is -1.87. The van der Waals surface area contributed by atoms with Crippen LogP contribution in [0.3, 0.4) is 0 Å². The number of esters is 1. The fourth-order valence-corrected chi connectivity index (χ4v) is 7.59. The lowest BCUT2D eigenvalue weighted by Crippen LogP contribution is -2.59. The van der Waals surface area contributed by atoms with Crippen LogP contribution in [0.5, 0.6) is 5.75 Å². The molecule has 0 saturated carbocycles. The van der Waals surface area contributed by atoms with Crippen LogP contribution in [-0.4, -0.2) is 136 Å². The average molecular weight is 984 g/mol. The van der Waals surface area contributed by atoms with E-state index in [1.54, 1.807) is 59.8 Å². The molecule has 1 aliphatic heterocycles. The maximum Gasteiger partial charge on any atom is 0.329 e. The normalized spacial score (nSPS) is 19.1. The number of aliphatic hydroxyl groups is 2. The molecule has 0 aromatic heterocycles. The van der Waals surface area contributed by atoms with Crippen molar-refractivity contribution < 1.29 is 58.4 Å². The van der Waals surface area contributed by atoms with E-state index in [0.717, 1.165) is 38.2 Å². The number of phenols is 1. The van der Waals surface area contributed by atoms with Gasteiger partial charge in [0.05, 0.1) is 31.2 Å². The standard InChI is InChI=1S/C51H81N7O12/c1-11-12-13-14-15-16-17-18-41(62)53-37(25-30(2)3)47(65)57-45(32(6)7)49(67)54-38(28-59)40(61)27-43(64)56-44(31(4)5)48(66)52-35-21-24-42(63)55-46(33(8)9)50(68)58(10)39(51(69)70-29-35)26-34-19-22-36(60)23-20-34/h16-17,19-24,30-33,35,37-40,44-46,59-61H,11-15,18,25-29H2,1-10H3,(H,52,66)(H,53,62)(H,54,67)(H,55,63)(H,56,64)(H,57,65). The van der Waals surface area contributed by atoms with Gasteiger partial charge in [-0.3, -0.25) is 33.6 Å². The third kappa shape index (κ3) is 21.0. The summed E-state index contributed by atoms with van der Waals surface area (Å²) in [6.45, 7) is 14.8. The number of phenolic OH excluding ortho intramolecular Hbond substituents is 1. The number of hydrogen-bond donors (Lipinski definition) is 9. The molecular formula is C51H81N7O12. The predicted molar refractivity (Wildman–Crippen MR) is 264 cm³/mol. The first kappa shape index (κ1) is 60.3. The first-order chi connectivity index (χ1) is 33.0. The molecule has 0 bridgehead atoms. The highest BCUT2D eigenvalue weighted by Crippen LogP contribution is 2.18. The first-order valence-electron chi connectivity index (χ1n) is 24.6. The van der Waals surface area contributed by atoms with Gasteiger partial charge in [0, 0.05) is 26.0 Å². The molecule has 19 nitrogen and oxygen atoms in total. The van der Waals surface area contributed by atoms with Gasteiger partial charge in [-0.2, -0.15) is 0 Å². The molecule has 1 aliphatic rings. The van der Waals surface area contributed by atoms with Crippen molar-refractivity contribution in [1.82, 2.24) is 36.8 Å². The summed E-state index contributed by atoms with van der Waals surface area (Å²) < 4.78 is 5.65. The molecule has 1 aromatic carbocycles. The molecular weight excluding hydrogens is 903 g/mol. The van der Waals surface area contributed by atoms with Gasteiger partial charge in [-0.05, 0) is 60.6 Å². The summed E-state index contributed by atoms with van der Waals surface area (Å²) in [5.41, 5.74) is 0.610. The Hall–Kier alpha value is -5.82. The molecule has 9 N–H and O–H groups in total. The SMILES string of the molecule is CCCCCCC=CCC(=O)NC(CC(C)C)C(=O)NC(C(=O)NC(CO)C(O)CC(=O)NC(C(=O)NC1C=CC(=O)NC(C(C)C)C(=O)N(C)C(Cc2ccc(O)cc2)C(=O)OC1)C(C)C)C(C)C. The number of likely N-dealkylation sites (N-methyl/N-ethyl adjacent to an activating group) is 1. The average Bonchev–Trinajstić information content (AvgIpc) is 3.29. The number of nitrogens with one attached hydrogen (secondary N) is 6. The van der Waals surface area contributed by atoms with Gasteiger partial charge in [0.25, 0.3) is 0 Å². The zero-order chi connectivity index (χ0) is 52.7. The molecule has 0 spiro atoms. The fourth-order valence-electron chi connectivity index (χ4n) is 7.59. The molecule has 19 heteroatoms. The van der Waals surface area contributed by atoms with E-state index in [0.29, 0.717) is 12.0 Å². The van der Waals surface area contributed by atoms with Crippen LogP contribution in [0.25, 0.3) is 0 Å². The molecule has 0 saturated heterocycles. The van der Waals surface area contributed by atoms with Crippen molar-refractivity contribution in [2.45, 2.75) is 168 Å². The van der Waals surface area contributed by atoms with Crippen molar-refractivity contribution >= 4 is 47.3 Å². The number of cyclic esters (lactones) is 1. The first-order valence-corrected chi connectivity index (χ1v) is 24.6. The predicted octanol–water partition coefficient (Wildman–Crippen LogP) is 2.46. The number of benzene rings is 1. The molecule has 70 heavy (non-hydrogen) atoms. The monoisotopic (exact) mass is 984 g/mol. The maximum absolute atomic E-state index is 13.8. The minimum Gasteiger partial charge on any atom is -0.508 e. The molecule has 8 unspecified atom stereocenters. The smallest absolute Gasteiger partial charge is 0.329 e. The van der Waals surface area contributed by atoms with Crippen molar-refractivity contribution in [2.75, 3.05) is 20.3 Å². The van der Waals surface area contributed by atoms with Crippen molar-refractivity contribution in [2.24, 2.45) is 23.7 Å². The number of rotatable bonds is 26. The topological polar surface area (TPSA) is 282 Å². The van der Waals surface area contributed by atoms with Gasteiger partial charge < -0.3 is 56.9 Å². The summed E-state index contributed by atoms with van der Waals surface area (Å²) in [5.74, 6) is -6.53. The van der Waals surface area contributed by atoms with Crippen LogP contribution in [-0.2, 0) is 49.5 Å². The Morgan fingerprint density at radius 1 is 0.829 bits per heavy atom. The lowest BCUT2D eigenvalue weighted by Gasteiger charge is -2.32. The third-order valence-electron chi connectivity index (χ3n) is 11.8. The quantitative estimate of drug-likeness (QED) is 0.0368. The van der Waals surface area contributed by atoms with E-state index in [1.165, 1.54) is 30.2 Å². The Morgan fingerprint density at radius 2 is 1.47 bits per heavy atom. The van der Waals surface area contributed by atoms with Crippen LogP contribution >= 0.6 is 0 Å². The number of carbonyl (C=O) groups excluding carboxylic acids is 8. The molecule has 392 valence electrons. The molecule has 1 heterocycles. The highest BCUT2D eigenvalue weighted by Gasteiger charge is 2.37. The summed E-state index contributed by atoms with van der Waals surface area (Å²) in [4.78, 5) is 109. The van der Waals surface area contributed by atoms with Crippen LogP contribution in [0.2, 0.25) is 0 Å². The molecule has 0 fully saturated rings. The van der Waals surface area contributed by atoms with E-state index < -0.39 is 121 Å². The van der Waals surface area contributed by atoms with Crippen LogP contribution < -0.4 is 31.9 Å². The van der Waals surface area contributed by atoms with E-state index in [-0.39, 0.29) is 36.3 Å². The molecule has 0 aliphatic carbocycles. The molecule has 0 radical (unpaired) electrons. The van der Waals surface area contributed by atoms with Crippen molar-refractivity contribution in [3.8, 4) is 5.75 Å². The van der Waals surface area contributed by atoms with Crippen LogP contribution in [0.1, 0.15) is 119 Å². The fraction of sp³-hybridized carbons (Fsp3) is 0.647. The molecule has 2 rings (SSSR count). The number of carbonyl (C=O) groups is 8. The molecule has 8 atom stereocenters. The Labute approximate surface area is 413 Å². The van der Waals surface area contributed by atoms with Gasteiger partial charge in [-0.1, -0.05) is 112 Å². The van der Waals surface area contributed by atoms with Gasteiger partial charge >= 0.3 is 5.97 Å². The molecule has 7 amide bonds. The highest BCUT2D eigenvalue weighted by atomic mass is 16.5. The van der Waals surface area contributed by atoms with Gasteiger partial charge in [0.2, 0.25) is 41.4 Å².